The van der Waals surface area contributed by atoms with Crippen LogP contribution in [0.2, 0.25) is 0 Å². The molecule has 2 heterocycles. The summed E-state index contributed by atoms with van der Waals surface area (Å²) in [5, 5.41) is 6.42. The number of amides is 1. The summed E-state index contributed by atoms with van der Waals surface area (Å²) in [6.45, 7) is 4.10. The van der Waals surface area contributed by atoms with Gasteiger partial charge in [0.05, 0.1) is 0 Å². The predicted molar refractivity (Wildman–Crippen MR) is 76.2 cm³/mol. The molecule has 2 N–H and O–H groups in total. The summed E-state index contributed by atoms with van der Waals surface area (Å²) in [5.41, 5.74) is -0.428. The molecule has 106 valence electrons. The van der Waals surface area contributed by atoms with Crippen molar-refractivity contribution in [3.63, 3.8) is 0 Å². The zero-order chi connectivity index (χ0) is 13.3. The fourth-order valence-electron chi connectivity index (χ4n) is 3.76. The van der Waals surface area contributed by atoms with Crippen molar-refractivity contribution in [3.8, 4) is 0 Å². The minimum atomic E-state index is -0.428. The molecule has 0 aromatic rings. The molecule has 2 fully saturated rings. The largest absolute Gasteiger partial charge is 0.317 e. The van der Waals surface area contributed by atoms with Gasteiger partial charge in [0.15, 0.2) is 0 Å². The lowest BCUT2D eigenvalue weighted by molar-refractivity contribution is -0.124. The first kappa shape index (κ1) is 13.1. The van der Waals surface area contributed by atoms with Crippen LogP contribution in [0.15, 0.2) is 4.99 Å². The lowest BCUT2D eigenvalue weighted by Crippen LogP contribution is -2.47. The Kier molecular flexibility index (Phi) is 3.61. The molecule has 2 aliphatic heterocycles. The maximum atomic E-state index is 12.3. The lowest BCUT2D eigenvalue weighted by atomic mass is 9.80. The van der Waals surface area contributed by atoms with Crippen LogP contribution in [-0.2, 0) is 4.79 Å². The van der Waals surface area contributed by atoms with Crippen LogP contribution in [0.5, 0.6) is 0 Å². The monoisotopic (exact) mass is 263 g/mol. The number of carbonyl (C=O) groups is 1. The number of nitrogens with zero attached hydrogens (tertiary/aromatic N) is 1. The molecule has 4 heteroatoms. The summed E-state index contributed by atoms with van der Waals surface area (Å²) in [5.74, 6) is 2.55. The third kappa shape index (κ3) is 2.42. The van der Waals surface area contributed by atoms with E-state index in [-0.39, 0.29) is 5.91 Å². The highest BCUT2D eigenvalue weighted by Gasteiger charge is 2.45. The number of nitrogens with one attached hydrogen (secondary N) is 2. The van der Waals surface area contributed by atoms with E-state index in [0.29, 0.717) is 5.92 Å². The molecule has 0 aromatic carbocycles. The Bertz CT molecular complexity index is 377. The Balaban J connectivity index is 1.69. The SMILES string of the molecule is CC[C@H]1CC[C@H](C2=NC3(CCNCC3)C(=O)N2)CC1. The first-order chi connectivity index (χ1) is 9.23. The number of rotatable bonds is 2. The Hall–Kier alpha value is -0.900. The van der Waals surface area contributed by atoms with Gasteiger partial charge in [0.2, 0.25) is 0 Å². The van der Waals surface area contributed by atoms with E-state index in [9.17, 15) is 4.79 Å². The van der Waals surface area contributed by atoms with Gasteiger partial charge in [-0.1, -0.05) is 13.3 Å². The van der Waals surface area contributed by atoms with Gasteiger partial charge in [-0.05, 0) is 57.5 Å². The topological polar surface area (TPSA) is 53.5 Å². The molecular weight excluding hydrogens is 238 g/mol. The highest BCUT2D eigenvalue weighted by atomic mass is 16.2. The predicted octanol–water partition coefficient (Wildman–Crippen LogP) is 1.85. The van der Waals surface area contributed by atoms with Crippen LogP contribution in [0.4, 0.5) is 0 Å². The quantitative estimate of drug-likeness (QED) is 0.799. The summed E-state index contributed by atoms with van der Waals surface area (Å²) in [4.78, 5) is 17.1. The second-order valence-electron chi connectivity index (χ2n) is 6.36. The normalized spacial score (nSPS) is 34.2. The van der Waals surface area contributed by atoms with Crippen molar-refractivity contribution >= 4 is 11.7 Å². The van der Waals surface area contributed by atoms with Crippen LogP contribution in [0.1, 0.15) is 51.9 Å². The molecule has 0 bridgehead atoms. The molecule has 1 saturated carbocycles. The van der Waals surface area contributed by atoms with E-state index < -0.39 is 5.54 Å². The molecule has 0 aromatic heterocycles. The van der Waals surface area contributed by atoms with Crippen molar-refractivity contribution in [1.29, 1.82) is 0 Å². The van der Waals surface area contributed by atoms with E-state index in [1.54, 1.807) is 0 Å². The van der Waals surface area contributed by atoms with Gasteiger partial charge in [0.1, 0.15) is 11.4 Å². The van der Waals surface area contributed by atoms with Crippen LogP contribution in [-0.4, -0.2) is 30.4 Å². The molecule has 19 heavy (non-hydrogen) atoms. The molecule has 4 nitrogen and oxygen atoms in total. The van der Waals surface area contributed by atoms with Crippen LogP contribution < -0.4 is 10.6 Å². The molecule has 1 spiro atoms. The third-order valence-electron chi connectivity index (χ3n) is 5.24. The maximum Gasteiger partial charge on any atom is 0.253 e. The van der Waals surface area contributed by atoms with E-state index >= 15 is 0 Å². The van der Waals surface area contributed by atoms with E-state index in [0.717, 1.165) is 37.7 Å². The Labute approximate surface area is 115 Å². The van der Waals surface area contributed by atoms with Gasteiger partial charge in [-0.25, -0.2) is 0 Å². The van der Waals surface area contributed by atoms with Gasteiger partial charge in [0.25, 0.3) is 5.91 Å². The number of piperidine rings is 1. The second kappa shape index (κ2) is 5.23. The minimum absolute atomic E-state index is 0.154. The van der Waals surface area contributed by atoms with E-state index in [4.69, 9.17) is 4.99 Å². The average molecular weight is 263 g/mol. The van der Waals surface area contributed by atoms with Gasteiger partial charge in [-0.2, -0.15) is 0 Å². The van der Waals surface area contributed by atoms with Crippen molar-refractivity contribution in [2.45, 2.75) is 57.4 Å². The number of aliphatic imine (C=N–C) groups is 1. The number of amidine groups is 1. The van der Waals surface area contributed by atoms with Crippen molar-refractivity contribution in [2.24, 2.45) is 16.8 Å². The Morgan fingerprint density at radius 2 is 1.89 bits per heavy atom. The van der Waals surface area contributed by atoms with Gasteiger partial charge < -0.3 is 10.6 Å². The van der Waals surface area contributed by atoms with Gasteiger partial charge >= 0.3 is 0 Å². The number of hydrogen-bond acceptors (Lipinski definition) is 3. The fourth-order valence-corrected chi connectivity index (χ4v) is 3.76. The standard InChI is InChI=1S/C15H25N3O/c1-2-11-3-5-12(6-4-11)13-17-14(19)15(18-13)7-9-16-10-8-15/h11-12,16H,2-10H2,1H3,(H,17,18,19)/t11-,12-. The summed E-state index contributed by atoms with van der Waals surface area (Å²) in [6, 6.07) is 0. The molecule has 1 aliphatic carbocycles. The highest BCUT2D eigenvalue weighted by Crippen LogP contribution is 2.35. The summed E-state index contributed by atoms with van der Waals surface area (Å²) < 4.78 is 0. The summed E-state index contributed by atoms with van der Waals surface area (Å²) >= 11 is 0. The van der Waals surface area contributed by atoms with Gasteiger partial charge in [0, 0.05) is 5.92 Å². The number of carbonyl (C=O) groups excluding carboxylic acids is 1. The van der Waals surface area contributed by atoms with Crippen LogP contribution in [0, 0.1) is 11.8 Å². The zero-order valence-electron chi connectivity index (χ0n) is 11.9. The van der Waals surface area contributed by atoms with Crippen LogP contribution >= 0.6 is 0 Å². The maximum absolute atomic E-state index is 12.3. The van der Waals surface area contributed by atoms with E-state index in [1.807, 2.05) is 0 Å². The van der Waals surface area contributed by atoms with Crippen molar-refractivity contribution in [1.82, 2.24) is 10.6 Å². The number of hydrogen-bond donors (Lipinski definition) is 2. The molecule has 0 unspecified atom stereocenters. The molecule has 3 aliphatic rings. The minimum Gasteiger partial charge on any atom is -0.317 e. The Morgan fingerprint density at radius 3 is 2.53 bits per heavy atom. The molecular formula is C15H25N3O. The highest BCUT2D eigenvalue weighted by molar-refractivity contribution is 6.09. The van der Waals surface area contributed by atoms with Gasteiger partial charge in [-0.15, -0.1) is 0 Å². The van der Waals surface area contributed by atoms with Crippen LogP contribution in [0.3, 0.4) is 0 Å². The molecule has 1 saturated heterocycles. The fraction of sp³-hybridized carbons (Fsp3) is 0.867. The van der Waals surface area contributed by atoms with Crippen molar-refractivity contribution in [3.05, 3.63) is 0 Å². The lowest BCUT2D eigenvalue weighted by Gasteiger charge is -2.28. The molecule has 0 atom stereocenters. The van der Waals surface area contributed by atoms with E-state index in [2.05, 4.69) is 17.6 Å². The first-order valence-electron chi connectivity index (χ1n) is 7.85. The van der Waals surface area contributed by atoms with E-state index in [1.165, 1.54) is 32.1 Å². The molecule has 3 rings (SSSR count). The molecule has 1 amide bonds. The summed E-state index contributed by atoms with van der Waals surface area (Å²) in [7, 11) is 0. The Morgan fingerprint density at radius 1 is 1.21 bits per heavy atom. The van der Waals surface area contributed by atoms with Crippen molar-refractivity contribution < 1.29 is 4.79 Å². The third-order valence-corrected chi connectivity index (χ3v) is 5.24. The van der Waals surface area contributed by atoms with Crippen molar-refractivity contribution in [2.75, 3.05) is 13.1 Å². The molecule has 0 radical (unpaired) electrons. The van der Waals surface area contributed by atoms with Crippen LogP contribution in [0.25, 0.3) is 0 Å². The second-order valence-corrected chi connectivity index (χ2v) is 6.36. The summed E-state index contributed by atoms with van der Waals surface area (Å²) in [6.07, 6.45) is 7.99. The van der Waals surface area contributed by atoms with Gasteiger partial charge in [-0.3, -0.25) is 9.79 Å². The first-order valence-corrected chi connectivity index (χ1v) is 7.85. The zero-order valence-corrected chi connectivity index (χ0v) is 11.9. The smallest absolute Gasteiger partial charge is 0.253 e. The average Bonchev–Trinajstić information content (AvgIpc) is 2.77.